The molecule has 1 aliphatic heterocycles. The Morgan fingerprint density at radius 3 is 2.60 bits per heavy atom. The molecule has 3 heterocycles. The molecule has 35 heavy (non-hydrogen) atoms. The van der Waals surface area contributed by atoms with Crippen molar-refractivity contribution in [1.82, 2.24) is 24.4 Å². The number of piperazine rings is 1. The lowest BCUT2D eigenvalue weighted by molar-refractivity contribution is -0.135. The molecule has 0 radical (unpaired) electrons. The maximum Gasteiger partial charge on any atom is 0.275 e. The first kappa shape index (κ1) is 23.4. The van der Waals surface area contributed by atoms with Crippen molar-refractivity contribution in [2.75, 3.05) is 32.8 Å². The zero-order chi connectivity index (χ0) is 24.4. The summed E-state index contributed by atoms with van der Waals surface area (Å²) < 4.78 is 20.3. The molecule has 0 N–H and O–H groups in total. The van der Waals surface area contributed by atoms with Crippen molar-refractivity contribution in [3.8, 4) is 16.3 Å². The number of rotatable bonds is 6. The van der Waals surface area contributed by atoms with Gasteiger partial charge in [0.05, 0.1) is 10.7 Å². The average molecular weight is 514 g/mol. The Labute approximate surface area is 209 Å². The van der Waals surface area contributed by atoms with Crippen molar-refractivity contribution in [2.45, 2.75) is 6.54 Å². The standard InChI is InChI=1S/C24H21ClFN5O3S/c25-18-6-2-1-5-17(18)23-28-31-21(32)13-16(27-24(31)35-23)14-29-9-11-30(12-10-29)22(33)15-34-20-8-4-3-7-19(20)26/h1-8,13H,9-12,14-15H2. The first-order chi connectivity index (χ1) is 17.0. The van der Waals surface area contributed by atoms with Gasteiger partial charge in [-0.15, -0.1) is 0 Å². The molecular weight excluding hydrogens is 493 g/mol. The van der Waals surface area contributed by atoms with E-state index in [9.17, 15) is 14.0 Å². The Morgan fingerprint density at radius 2 is 1.83 bits per heavy atom. The van der Waals surface area contributed by atoms with E-state index in [0.717, 1.165) is 5.56 Å². The zero-order valence-corrected chi connectivity index (χ0v) is 20.1. The monoisotopic (exact) mass is 513 g/mol. The number of carbonyl (C=O) groups excluding carboxylic acids is 1. The van der Waals surface area contributed by atoms with E-state index < -0.39 is 5.82 Å². The van der Waals surface area contributed by atoms with Gasteiger partial charge in [-0.1, -0.05) is 53.3 Å². The Hall–Kier alpha value is -3.34. The summed E-state index contributed by atoms with van der Waals surface area (Å²) in [5, 5.41) is 5.58. The first-order valence-electron chi connectivity index (χ1n) is 11.0. The molecule has 8 nitrogen and oxygen atoms in total. The molecule has 0 bridgehead atoms. The van der Waals surface area contributed by atoms with Crippen LogP contribution in [0.5, 0.6) is 5.75 Å². The van der Waals surface area contributed by atoms with Gasteiger partial charge in [0.15, 0.2) is 18.2 Å². The number of aromatic nitrogens is 3. The van der Waals surface area contributed by atoms with Crippen molar-refractivity contribution in [3.05, 3.63) is 81.5 Å². The summed E-state index contributed by atoms with van der Waals surface area (Å²) in [5.74, 6) is -0.624. The van der Waals surface area contributed by atoms with Crippen LogP contribution >= 0.6 is 22.9 Å². The van der Waals surface area contributed by atoms with Crippen LogP contribution in [0.2, 0.25) is 5.02 Å². The van der Waals surface area contributed by atoms with Gasteiger partial charge in [0.25, 0.3) is 11.5 Å². The van der Waals surface area contributed by atoms with Gasteiger partial charge in [0, 0.05) is 44.4 Å². The third-order valence-electron chi connectivity index (χ3n) is 5.70. The number of ether oxygens (including phenoxy) is 1. The number of nitrogens with zero attached hydrogens (tertiary/aromatic N) is 5. The second-order valence-corrected chi connectivity index (χ2v) is 9.41. The number of hydrogen-bond acceptors (Lipinski definition) is 7. The van der Waals surface area contributed by atoms with Crippen LogP contribution in [0.25, 0.3) is 15.5 Å². The molecule has 0 aliphatic carbocycles. The van der Waals surface area contributed by atoms with E-state index in [4.69, 9.17) is 16.3 Å². The van der Waals surface area contributed by atoms with Crippen molar-refractivity contribution >= 4 is 33.8 Å². The van der Waals surface area contributed by atoms with Gasteiger partial charge < -0.3 is 9.64 Å². The fraction of sp³-hybridized carbons (Fsp3) is 0.250. The Balaban J connectivity index is 1.20. The zero-order valence-electron chi connectivity index (χ0n) is 18.6. The van der Waals surface area contributed by atoms with Gasteiger partial charge in [0.2, 0.25) is 4.96 Å². The van der Waals surface area contributed by atoms with Crippen LogP contribution in [-0.4, -0.2) is 63.1 Å². The van der Waals surface area contributed by atoms with Gasteiger partial charge in [-0.2, -0.15) is 9.61 Å². The van der Waals surface area contributed by atoms with Crippen LogP contribution in [0.15, 0.2) is 59.4 Å². The van der Waals surface area contributed by atoms with E-state index in [1.165, 1.54) is 34.1 Å². The van der Waals surface area contributed by atoms with E-state index in [-0.39, 0.29) is 23.8 Å². The lowest BCUT2D eigenvalue weighted by Gasteiger charge is -2.34. The minimum absolute atomic E-state index is 0.0630. The Kier molecular flexibility index (Phi) is 6.76. The molecule has 180 valence electrons. The molecule has 2 aromatic heterocycles. The highest BCUT2D eigenvalue weighted by Crippen LogP contribution is 2.30. The van der Waals surface area contributed by atoms with Crippen LogP contribution in [0.3, 0.4) is 0 Å². The fourth-order valence-corrected chi connectivity index (χ4v) is 5.10. The molecule has 5 rings (SSSR count). The molecule has 0 unspecified atom stereocenters. The summed E-state index contributed by atoms with van der Waals surface area (Å²) in [6.07, 6.45) is 0. The minimum Gasteiger partial charge on any atom is -0.481 e. The first-order valence-corrected chi connectivity index (χ1v) is 12.2. The molecule has 1 saturated heterocycles. The second-order valence-electron chi connectivity index (χ2n) is 8.04. The molecule has 1 amide bonds. The van der Waals surface area contributed by atoms with E-state index in [2.05, 4.69) is 15.0 Å². The van der Waals surface area contributed by atoms with E-state index in [1.54, 1.807) is 23.1 Å². The summed E-state index contributed by atoms with van der Waals surface area (Å²) in [7, 11) is 0. The van der Waals surface area contributed by atoms with Crippen LogP contribution in [0, 0.1) is 5.82 Å². The van der Waals surface area contributed by atoms with E-state index in [1.807, 2.05) is 18.2 Å². The molecule has 4 aromatic rings. The number of benzene rings is 2. The van der Waals surface area contributed by atoms with Crippen molar-refractivity contribution < 1.29 is 13.9 Å². The number of halogens is 2. The normalized spacial score (nSPS) is 14.4. The topological polar surface area (TPSA) is 80.0 Å². The highest BCUT2D eigenvalue weighted by molar-refractivity contribution is 7.19. The number of fused-ring (bicyclic) bond motifs is 1. The van der Waals surface area contributed by atoms with Crippen LogP contribution in [0.4, 0.5) is 4.39 Å². The average Bonchev–Trinajstić information content (AvgIpc) is 3.29. The lowest BCUT2D eigenvalue weighted by atomic mass is 10.2. The number of para-hydroxylation sites is 1. The van der Waals surface area contributed by atoms with Gasteiger partial charge in [0.1, 0.15) is 5.01 Å². The maximum atomic E-state index is 13.7. The summed E-state index contributed by atoms with van der Waals surface area (Å²) in [5.41, 5.74) is 1.15. The van der Waals surface area contributed by atoms with Crippen molar-refractivity contribution in [2.24, 2.45) is 0 Å². The van der Waals surface area contributed by atoms with Crippen molar-refractivity contribution in [3.63, 3.8) is 0 Å². The van der Waals surface area contributed by atoms with Gasteiger partial charge in [-0.25, -0.2) is 9.37 Å². The van der Waals surface area contributed by atoms with Gasteiger partial charge >= 0.3 is 0 Å². The summed E-state index contributed by atoms with van der Waals surface area (Å²) >= 11 is 7.59. The van der Waals surface area contributed by atoms with Gasteiger partial charge in [-0.05, 0) is 18.2 Å². The molecule has 0 atom stereocenters. The summed E-state index contributed by atoms with van der Waals surface area (Å²) in [6.45, 7) is 2.55. The smallest absolute Gasteiger partial charge is 0.275 e. The predicted octanol–water partition coefficient (Wildman–Crippen LogP) is 3.33. The SMILES string of the molecule is O=C(COc1ccccc1F)N1CCN(Cc2cc(=O)n3nc(-c4ccccc4Cl)sc3n2)CC1. The Morgan fingerprint density at radius 1 is 1.09 bits per heavy atom. The molecule has 1 aliphatic rings. The quantitative estimate of drug-likeness (QED) is 0.393. The molecule has 11 heteroatoms. The van der Waals surface area contributed by atoms with Crippen molar-refractivity contribution in [1.29, 1.82) is 0 Å². The number of carbonyl (C=O) groups is 1. The highest BCUT2D eigenvalue weighted by Gasteiger charge is 2.22. The predicted molar refractivity (Wildman–Crippen MR) is 131 cm³/mol. The molecule has 2 aromatic carbocycles. The summed E-state index contributed by atoms with van der Waals surface area (Å²) in [6, 6.07) is 14.8. The third-order valence-corrected chi connectivity index (χ3v) is 6.97. The highest BCUT2D eigenvalue weighted by atomic mass is 35.5. The van der Waals surface area contributed by atoms with Crippen LogP contribution < -0.4 is 10.3 Å². The largest absolute Gasteiger partial charge is 0.481 e. The summed E-state index contributed by atoms with van der Waals surface area (Å²) in [4.78, 5) is 34.1. The molecule has 0 saturated carbocycles. The third kappa shape index (κ3) is 5.19. The van der Waals surface area contributed by atoms with E-state index in [0.29, 0.717) is 53.4 Å². The maximum absolute atomic E-state index is 13.7. The molecular formula is C24H21ClFN5O3S. The molecule has 0 spiro atoms. The number of hydrogen-bond donors (Lipinski definition) is 0. The number of amides is 1. The lowest BCUT2D eigenvalue weighted by Crippen LogP contribution is -2.49. The second kappa shape index (κ2) is 10.1. The van der Waals surface area contributed by atoms with Crippen LogP contribution in [0.1, 0.15) is 5.69 Å². The molecule has 1 fully saturated rings. The van der Waals surface area contributed by atoms with E-state index >= 15 is 0 Å². The Bertz CT molecular complexity index is 1430. The van der Waals surface area contributed by atoms with Crippen LogP contribution in [-0.2, 0) is 11.3 Å². The minimum atomic E-state index is -0.495. The van der Waals surface area contributed by atoms with Gasteiger partial charge in [-0.3, -0.25) is 14.5 Å². The fourth-order valence-electron chi connectivity index (χ4n) is 3.86.